The summed E-state index contributed by atoms with van der Waals surface area (Å²) in [4.78, 5) is 21.1. The first-order valence-corrected chi connectivity index (χ1v) is 3.85. The lowest BCUT2D eigenvalue weighted by atomic mass is 10.2. The van der Waals surface area contributed by atoms with Crippen LogP contribution >= 0.6 is 0 Å². The van der Waals surface area contributed by atoms with Crippen molar-refractivity contribution in [1.82, 2.24) is 0 Å². The predicted octanol–water partition coefficient (Wildman–Crippen LogP) is 0.164. The Kier molecular flexibility index (Phi) is 3.87. The van der Waals surface area contributed by atoms with E-state index in [1.54, 1.807) is 20.8 Å². The number of aliphatic hydroxyl groups excluding tert-OH is 1. The molecule has 1 unspecified atom stereocenters. The lowest BCUT2D eigenvalue weighted by Gasteiger charge is -2.21. The van der Waals surface area contributed by atoms with Gasteiger partial charge < -0.3 is 14.9 Å². The number of hydrogen-bond acceptors (Lipinski definition) is 4. The predicted molar refractivity (Wildman–Crippen MR) is 44.1 cm³/mol. The molecule has 0 aliphatic rings. The van der Waals surface area contributed by atoms with Crippen molar-refractivity contribution in [2.24, 2.45) is 0 Å². The molecule has 0 fully saturated rings. The Morgan fingerprint density at radius 3 is 2.15 bits per heavy atom. The third-order valence-electron chi connectivity index (χ3n) is 1.05. The molecule has 0 aliphatic heterocycles. The number of aliphatic carboxylic acids is 1. The van der Waals surface area contributed by atoms with Crippen LogP contribution in [0.2, 0.25) is 0 Å². The molecule has 1 atom stereocenters. The molecule has 0 saturated heterocycles. The number of esters is 1. The van der Waals surface area contributed by atoms with Gasteiger partial charge in [-0.3, -0.25) is 4.79 Å². The maximum Gasteiger partial charge on any atom is 0.336 e. The zero-order valence-electron chi connectivity index (χ0n) is 7.90. The van der Waals surface area contributed by atoms with E-state index in [0.29, 0.717) is 0 Å². The second-order valence-electron chi connectivity index (χ2n) is 3.65. The summed E-state index contributed by atoms with van der Waals surface area (Å²) in [7, 11) is 0. The normalized spacial score (nSPS) is 13.5. The summed E-state index contributed by atoms with van der Waals surface area (Å²) in [5.41, 5.74) is -0.712. The number of carboxylic acid groups (broad SMARTS) is 1. The molecule has 0 aromatic carbocycles. The molecule has 13 heavy (non-hydrogen) atoms. The molecule has 0 rings (SSSR count). The summed E-state index contributed by atoms with van der Waals surface area (Å²) >= 11 is 0. The molecule has 0 aromatic heterocycles. The van der Waals surface area contributed by atoms with Crippen LogP contribution < -0.4 is 0 Å². The lowest BCUT2D eigenvalue weighted by molar-refractivity contribution is -0.168. The minimum atomic E-state index is -1.59. The van der Waals surface area contributed by atoms with Crippen molar-refractivity contribution in [2.45, 2.75) is 38.9 Å². The number of aliphatic hydroxyl groups is 1. The molecule has 0 aromatic rings. The van der Waals surface area contributed by atoms with E-state index in [2.05, 4.69) is 0 Å². The fourth-order valence-corrected chi connectivity index (χ4v) is 0.619. The summed E-state index contributed by atoms with van der Waals surface area (Å²) in [5, 5.41) is 17.3. The highest BCUT2D eigenvalue weighted by Crippen LogP contribution is 2.09. The molecule has 76 valence electrons. The molecular weight excluding hydrogens is 176 g/mol. The minimum Gasteiger partial charge on any atom is -0.481 e. The van der Waals surface area contributed by atoms with Crippen LogP contribution in [0, 0.1) is 0 Å². The van der Waals surface area contributed by atoms with Crippen LogP contribution in [0.25, 0.3) is 0 Å². The van der Waals surface area contributed by atoms with Gasteiger partial charge in [0.2, 0.25) is 0 Å². The van der Waals surface area contributed by atoms with Crippen LogP contribution in [-0.4, -0.2) is 33.9 Å². The quantitative estimate of drug-likeness (QED) is 0.619. The van der Waals surface area contributed by atoms with Crippen LogP contribution in [-0.2, 0) is 14.3 Å². The highest BCUT2D eigenvalue weighted by atomic mass is 16.6. The van der Waals surface area contributed by atoms with Gasteiger partial charge in [0.1, 0.15) is 5.60 Å². The van der Waals surface area contributed by atoms with E-state index in [1.165, 1.54) is 0 Å². The number of hydrogen-bond donors (Lipinski definition) is 2. The van der Waals surface area contributed by atoms with Crippen LogP contribution in [0.5, 0.6) is 0 Å². The smallest absolute Gasteiger partial charge is 0.336 e. The van der Waals surface area contributed by atoms with Crippen molar-refractivity contribution < 1.29 is 24.5 Å². The fourth-order valence-electron chi connectivity index (χ4n) is 0.619. The van der Waals surface area contributed by atoms with E-state index in [1.807, 2.05) is 0 Å². The second-order valence-corrected chi connectivity index (χ2v) is 3.65. The molecule has 0 bridgehead atoms. The highest BCUT2D eigenvalue weighted by molar-refractivity contribution is 5.80. The van der Waals surface area contributed by atoms with Gasteiger partial charge in [0.15, 0.2) is 6.10 Å². The Balaban J connectivity index is 4.05. The zero-order chi connectivity index (χ0) is 10.6. The highest BCUT2D eigenvalue weighted by Gasteiger charge is 2.24. The maximum atomic E-state index is 11.0. The first-order valence-electron chi connectivity index (χ1n) is 3.85. The molecule has 2 N–H and O–H groups in total. The largest absolute Gasteiger partial charge is 0.481 e. The van der Waals surface area contributed by atoms with Crippen LogP contribution in [0.4, 0.5) is 0 Å². The Morgan fingerprint density at radius 2 is 1.85 bits per heavy atom. The zero-order valence-corrected chi connectivity index (χ0v) is 7.90. The average Bonchev–Trinajstić information content (AvgIpc) is 1.81. The minimum absolute atomic E-state index is 0.630. The molecule has 0 amide bonds. The van der Waals surface area contributed by atoms with Gasteiger partial charge in [-0.1, -0.05) is 0 Å². The topological polar surface area (TPSA) is 83.8 Å². The Labute approximate surface area is 76.3 Å². The van der Waals surface area contributed by atoms with E-state index in [0.717, 1.165) is 0 Å². The Hall–Kier alpha value is -1.10. The average molecular weight is 190 g/mol. The Bertz CT molecular complexity index is 203. The third kappa shape index (κ3) is 6.10. The van der Waals surface area contributed by atoms with E-state index in [-0.39, 0.29) is 0 Å². The van der Waals surface area contributed by atoms with Crippen LogP contribution in [0.15, 0.2) is 0 Å². The van der Waals surface area contributed by atoms with Crippen molar-refractivity contribution in [3.63, 3.8) is 0 Å². The van der Waals surface area contributed by atoms with Crippen molar-refractivity contribution in [1.29, 1.82) is 0 Å². The van der Waals surface area contributed by atoms with Crippen molar-refractivity contribution >= 4 is 11.9 Å². The molecule has 0 spiro atoms. The van der Waals surface area contributed by atoms with E-state index in [4.69, 9.17) is 14.9 Å². The summed E-state index contributed by atoms with van der Waals surface area (Å²) in [5.74, 6) is -2.15. The Morgan fingerprint density at radius 1 is 1.38 bits per heavy atom. The first kappa shape index (κ1) is 11.9. The lowest BCUT2D eigenvalue weighted by Crippen LogP contribution is -2.33. The molecule has 0 radical (unpaired) electrons. The standard InChI is InChI=1S/C8H14O5/c1-8(2,3)13-7(12)5(9)4-6(10)11/h5,9H,4H2,1-3H3,(H,10,11). The van der Waals surface area contributed by atoms with Gasteiger partial charge in [0.25, 0.3) is 0 Å². The van der Waals surface area contributed by atoms with Crippen molar-refractivity contribution in [3.8, 4) is 0 Å². The van der Waals surface area contributed by atoms with E-state index >= 15 is 0 Å². The van der Waals surface area contributed by atoms with E-state index < -0.39 is 30.1 Å². The first-order chi connectivity index (χ1) is 5.72. The summed E-state index contributed by atoms with van der Waals surface area (Å²) in [6.07, 6.45) is -2.22. The van der Waals surface area contributed by atoms with Gasteiger partial charge in [0, 0.05) is 0 Å². The number of carbonyl (C=O) groups excluding carboxylic acids is 1. The summed E-state index contributed by atoms with van der Waals surface area (Å²) in [6.45, 7) is 4.91. The molecule has 0 saturated carbocycles. The monoisotopic (exact) mass is 190 g/mol. The number of ether oxygens (including phenoxy) is 1. The van der Waals surface area contributed by atoms with Gasteiger partial charge in [-0.05, 0) is 20.8 Å². The van der Waals surface area contributed by atoms with Crippen LogP contribution in [0.1, 0.15) is 27.2 Å². The van der Waals surface area contributed by atoms with Gasteiger partial charge in [-0.15, -0.1) is 0 Å². The number of carbonyl (C=O) groups is 2. The van der Waals surface area contributed by atoms with E-state index in [9.17, 15) is 9.59 Å². The third-order valence-corrected chi connectivity index (χ3v) is 1.05. The number of carboxylic acids is 1. The maximum absolute atomic E-state index is 11.0. The summed E-state index contributed by atoms with van der Waals surface area (Å²) < 4.78 is 4.75. The van der Waals surface area contributed by atoms with Crippen molar-refractivity contribution in [3.05, 3.63) is 0 Å². The molecule has 5 heteroatoms. The molecule has 5 nitrogen and oxygen atoms in total. The van der Waals surface area contributed by atoms with Crippen molar-refractivity contribution in [2.75, 3.05) is 0 Å². The summed E-state index contributed by atoms with van der Waals surface area (Å²) in [6, 6.07) is 0. The number of rotatable bonds is 3. The molecular formula is C8H14O5. The van der Waals surface area contributed by atoms with Gasteiger partial charge in [-0.25, -0.2) is 4.79 Å². The van der Waals surface area contributed by atoms with Gasteiger partial charge >= 0.3 is 11.9 Å². The van der Waals surface area contributed by atoms with Gasteiger partial charge in [-0.2, -0.15) is 0 Å². The molecule has 0 aliphatic carbocycles. The van der Waals surface area contributed by atoms with Gasteiger partial charge in [0.05, 0.1) is 6.42 Å². The molecule has 0 heterocycles. The SMILES string of the molecule is CC(C)(C)OC(=O)C(O)CC(=O)O. The van der Waals surface area contributed by atoms with Crippen LogP contribution in [0.3, 0.4) is 0 Å². The fraction of sp³-hybridized carbons (Fsp3) is 0.750. The second kappa shape index (κ2) is 4.23.